The van der Waals surface area contributed by atoms with Crippen molar-refractivity contribution < 1.29 is 22.4 Å². The molecule has 0 radical (unpaired) electrons. The number of rotatable bonds is 13. The van der Waals surface area contributed by atoms with Crippen molar-refractivity contribution in [2.24, 2.45) is 0 Å². The average molecular weight is 588 g/mol. The Labute approximate surface area is 241 Å². The monoisotopic (exact) mass is 587 g/mol. The smallest absolute Gasteiger partial charge is 0.264 e. The summed E-state index contributed by atoms with van der Waals surface area (Å²) in [4.78, 5) is 28.5. The van der Waals surface area contributed by atoms with Gasteiger partial charge >= 0.3 is 0 Å². The van der Waals surface area contributed by atoms with Crippen molar-refractivity contribution in [3.63, 3.8) is 0 Å². The van der Waals surface area contributed by atoms with Crippen molar-refractivity contribution in [1.29, 1.82) is 0 Å². The first kappa shape index (κ1) is 31.1. The van der Waals surface area contributed by atoms with Crippen LogP contribution in [0.15, 0.2) is 77.7 Å². The van der Waals surface area contributed by atoms with Gasteiger partial charge in [0.25, 0.3) is 10.0 Å². The van der Waals surface area contributed by atoms with Gasteiger partial charge in [0.1, 0.15) is 18.4 Å². The summed E-state index contributed by atoms with van der Waals surface area (Å²) in [5.41, 5.74) is 1.57. The zero-order valence-electron chi connectivity index (χ0n) is 22.9. The molecule has 7 nitrogen and oxygen atoms in total. The van der Waals surface area contributed by atoms with Gasteiger partial charge in [-0.05, 0) is 67.3 Å². The van der Waals surface area contributed by atoms with Crippen molar-refractivity contribution in [1.82, 2.24) is 10.2 Å². The highest BCUT2D eigenvalue weighted by Crippen LogP contribution is 2.28. The van der Waals surface area contributed by atoms with Crippen LogP contribution in [0, 0.1) is 12.7 Å². The normalized spacial score (nSPS) is 12.0. The van der Waals surface area contributed by atoms with Gasteiger partial charge in [-0.1, -0.05) is 68.3 Å². The van der Waals surface area contributed by atoms with E-state index in [1.165, 1.54) is 47.4 Å². The highest BCUT2D eigenvalue weighted by molar-refractivity contribution is 7.92. The molecule has 2 amide bonds. The highest BCUT2D eigenvalue weighted by Gasteiger charge is 2.33. The number of nitrogens with one attached hydrogen (secondary N) is 1. The summed E-state index contributed by atoms with van der Waals surface area (Å²) in [6.45, 7) is 5.46. The lowest BCUT2D eigenvalue weighted by Gasteiger charge is -2.33. The Morgan fingerprint density at radius 2 is 1.68 bits per heavy atom. The quantitative estimate of drug-likeness (QED) is 0.260. The van der Waals surface area contributed by atoms with Gasteiger partial charge in [0.05, 0.1) is 10.6 Å². The Morgan fingerprint density at radius 1 is 1.00 bits per heavy atom. The molecule has 0 aliphatic rings. The Bertz CT molecular complexity index is 1400. The molecular weight excluding hydrogens is 553 g/mol. The van der Waals surface area contributed by atoms with Crippen molar-refractivity contribution in [2.75, 3.05) is 17.4 Å². The molecule has 3 aromatic rings. The van der Waals surface area contributed by atoms with Crippen LogP contribution in [-0.2, 0) is 26.2 Å². The van der Waals surface area contributed by atoms with Crippen LogP contribution >= 0.6 is 11.6 Å². The minimum atomic E-state index is -4.18. The van der Waals surface area contributed by atoms with E-state index in [2.05, 4.69) is 5.32 Å². The summed E-state index contributed by atoms with van der Waals surface area (Å²) in [7, 11) is -4.18. The van der Waals surface area contributed by atoms with Crippen LogP contribution < -0.4 is 9.62 Å². The predicted octanol–water partition coefficient (Wildman–Crippen LogP) is 5.71. The van der Waals surface area contributed by atoms with E-state index in [-0.39, 0.29) is 23.0 Å². The zero-order chi connectivity index (χ0) is 29.3. The highest BCUT2D eigenvalue weighted by atomic mass is 35.5. The summed E-state index contributed by atoms with van der Waals surface area (Å²) in [5, 5.41) is 3.23. The summed E-state index contributed by atoms with van der Waals surface area (Å²) in [6, 6.07) is 17.4. The number of amides is 2. The summed E-state index contributed by atoms with van der Waals surface area (Å²) < 4.78 is 42.2. The molecule has 0 saturated heterocycles. The third-order valence-corrected chi connectivity index (χ3v) is 8.73. The van der Waals surface area contributed by atoms with Gasteiger partial charge in [-0.2, -0.15) is 0 Å². The molecule has 0 aromatic heterocycles. The fraction of sp³-hybridized carbons (Fsp3) is 0.333. The molecule has 3 aromatic carbocycles. The molecule has 10 heteroatoms. The number of benzene rings is 3. The second-order valence-corrected chi connectivity index (χ2v) is 11.7. The van der Waals surface area contributed by atoms with E-state index in [0.29, 0.717) is 23.6 Å². The standard InChI is InChI=1S/C30H35ClFN3O4S/c1-4-6-18-33-30(37)28(5-2)34(20-23-13-15-24(32)16-14-23)29(36)21-35(25-17-12-22(3)27(31)19-25)40(38,39)26-10-8-7-9-11-26/h7-17,19,28H,4-6,18,20-21H2,1-3H3,(H,33,37)/t28-/m1/s1. The Morgan fingerprint density at radius 3 is 2.27 bits per heavy atom. The predicted molar refractivity (Wildman–Crippen MR) is 156 cm³/mol. The van der Waals surface area contributed by atoms with E-state index in [4.69, 9.17) is 11.6 Å². The minimum Gasteiger partial charge on any atom is -0.354 e. The first-order valence-electron chi connectivity index (χ1n) is 13.2. The molecule has 214 valence electrons. The molecule has 0 spiro atoms. The maximum atomic E-state index is 14.0. The summed E-state index contributed by atoms with van der Waals surface area (Å²) >= 11 is 6.35. The minimum absolute atomic E-state index is 0.00725. The Hall–Kier alpha value is -3.43. The fourth-order valence-electron chi connectivity index (χ4n) is 4.20. The molecule has 0 bridgehead atoms. The van der Waals surface area contributed by atoms with Crippen molar-refractivity contribution >= 4 is 39.1 Å². The lowest BCUT2D eigenvalue weighted by Crippen LogP contribution is -2.52. The van der Waals surface area contributed by atoms with Crippen LogP contribution in [0.5, 0.6) is 0 Å². The first-order valence-corrected chi connectivity index (χ1v) is 15.1. The SMILES string of the molecule is CCCCNC(=O)[C@@H](CC)N(Cc1ccc(F)cc1)C(=O)CN(c1ccc(C)c(Cl)c1)S(=O)(=O)c1ccccc1. The number of hydrogen-bond acceptors (Lipinski definition) is 4. The van der Waals surface area contributed by atoms with Crippen molar-refractivity contribution in [3.05, 3.63) is 94.8 Å². The number of carbonyl (C=O) groups excluding carboxylic acids is 2. The summed E-state index contributed by atoms with van der Waals surface area (Å²) in [6.07, 6.45) is 1.97. The van der Waals surface area contributed by atoms with E-state index in [9.17, 15) is 22.4 Å². The van der Waals surface area contributed by atoms with Gasteiger partial charge in [0.2, 0.25) is 11.8 Å². The van der Waals surface area contributed by atoms with Gasteiger partial charge in [-0.15, -0.1) is 0 Å². The van der Waals surface area contributed by atoms with Gasteiger partial charge in [-0.25, -0.2) is 12.8 Å². The Kier molecular flexibility index (Phi) is 11.1. The molecule has 0 fully saturated rings. The van der Waals surface area contributed by atoms with Crippen LogP contribution in [0.3, 0.4) is 0 Å². The van der Waals surface area contributed by atoms with Gasteiger partial charge in [0.15, 0.2) is 0 Å². The first-order chi connectivity index (χ1) is 19.1. The largest absolute Gasteiger partial charge is 0.354 e. The second kappa shape index (κ2) is 14.3. The van der Waals surface area contributed by atoms with E-state index in [1.807, 2.05) is 6.92 Å². The van der Waals surface area contributed by atoms with Crippen molar-refractivity contribution in [3.8, 4) is 0 Å². The van der Waals surface area contributed by atoms with Crippen LogP contribution in [0.2, 0.25) is 5.02 Å². The van der Waals surface area contributed by atoms with Crippen molar-refractivity contribution in [2.45, 2.75) is 57.5 Å². The number of halogens is 2. The van der Waals surface area contributed by atoms with Crippen LogP contribution in [0.25, 0.3) is 0 Å². The fourth-order valence-corrected chi connectivity index (χ4v) is 5.80. The molecule has 1 N–H and O–H groups in total. The Balaban J connectivity index is 2.04. The number of hydrogen-bond donors (Lipinski definition) is 1. The molecule has 1 atom stereocenters. The zero-order valence-corrected chi connectivity index (χ0v) is 24.5. The second-order valence-electron chi connectivity index (χ2n) is 9.47. The molecule has 0 unspecified atom stereocenters. The maximum absolute atomic E-state index is 14.0. The average Bonchev–Trinajstić information content (AvgIpc) is 2.94. The molecule has 40 heavy (non-hydrogen) atoms. The number of sulfonamides is 1. The van der Waals surface area contributed by atoms with E-state index < -0.39 is 34.3 Å². The van der Waals surface area contributed by atoms with Gasteiger partial charge < -0.3 is 10.2 Å². The lowest BCUT2D eigenvalue weighted by atomic mass is 10.1. The van der Waals surface area contributed by atoms with Gasteiger partial charge in [0, 0.05) is 18.1 Å². The molecule has 0 heterocycles. The summed E-state index contributed by atoms with van der Waals surface area (Å²) in [5.74, 6) is -1.34. The molecule has 0 aliphatic carbocycles. The topological polar surface area (TPSA) is 86.8 Å². The number of anilines is 1. The van der Waals surface area contributed by atoms with Crippen LogP contribution in [0.4, 0.5) is 10.1 Å². The number of aryl methyl sites for hydroxylation is 1. The number of unbranched alkanes of at least 4 members (excludes halogenated alkanes) is 1. The molecule has 0 saturated carbocycles. The van der Waals surface area contributed by atoms with Crippen LogP contribution in [-0.4, -0.2) is 44.3 Å². The van der Waals surface area contributed by atoms with Crippen LogP contribution in [0.1, 0.15) is 44.2 Å². The lowest BCUT2D eigenvalue weighted by molar-refractivity contribution is -0.140. The third kappa shape index (κ3) is 7.82. The van der Waals surface area contributed by atoms with Gasteiger partial charge in [-0.3, -0.25) is 13.9 Å². The third-order valence-electron chi connectivity index (χ3n) is 6.54. The molecule has 0 aliphatic heterocycles. The number of carbonyl (C=O) groups is 2. The van der Waals surface area contributed by atoms with E-state index >= 15 is 0 Å². The number of nitrogens with zero attached hydrogens (tertiary/aromatic N) is 2. The maximum Gasteiger partial charge on any atom is 0.264 e. The molecule has 3 rings (SSSR count). The van der Waals surface area contributed by atoms with E-state index in [0.717, 1.165) is 22.7 Å². The molecular formula is C30H35ClFN3O4S. The van der Waals surface area contributed by atoms with E-state index in [1.54, 1.807) is 44.2 Å².